The van der Waals surface area contributed by atoms with Gasteiger partial charge in [0.25, 0.3) is 5.56 Å². The fraction of sp³-hybridized carbons (Fsp3) is 0.350. The molecule has 1 aromatic carbocycles. The summed E-state index contributed by atoms with van der Waals surface area (Å²) in [6.07, 6.45) is 4.29. The Bertz CT molecular complexity index is 1140. The number of carbonyl (C=O) groups is 1. The first-order valence-electron chi connectivity index (χ1n) is 9.14. The zero-order valence-electron chi connectivity index (χ0n) is 15.7. The van der Waals surface area contributed by atoms with Crippen LogP contribution in [0.2, 0.25) is 5.02 Å². The molecule has 0 spiro atoms. The molecule has 146 valence electrons. The number of aryl methyl sites for hydroxylation is 3. The molecule has 4 rings (SSSR count). The second-order valence-corrected chi connectivity index (χ2v) is 9.41. The van der Waals surface area contributed by atoms with Gasteiger partial charge in [-0.1, -0.05) is 23.4 Å². The molecular weight excluding hydrogens is 414 g/mol. The third kappa shape index (κ3) is 3.71. The van der Waals surface area contributed by atoms with Gasteiger partial charge in [-0.05, 0) is 61.9 Å². The van der Waals surface area contributed by atoms with Crippen molar-refractivity contribution in [2.45, 2.75) is 37.8 Å². The number of fused-ring (bicyclic) bond motifs is 3. The fourth-order valence-electron chi connectivity index (χ4n) is 3.48. The van der Waals surface area contributed by atoms with Crippen LogP contribution < -0.4 is 10.9 Å². The average molecular weight is 434 g/mol. The number of hydrogen-bond donors (Lipinski definition) is 1. The highest BCUT2D eigenvalue weighted by Crippen LogP contribution is 2.34. The Kier molecular flexibility index (Phi) is 5.49. The lowest BCUT2D eigenvalue weighted by Crippen LogP contribution is -2.22. The van der Waals surface area contributed by atoms with Gasteiger partial charge in [-0.25, -0.2) is 4.98 Å². The number of hydrogen-bond acceptors (Lipinski definition) is 5. The highest BCUT2D eigenvalue weighted by molar-refractivity contribution is 7.99. The van der Waals surface area contributed by atoms with Gasteiger partial charge in [-0.3, -0.25) is 14.2 Å². The van der Waals surface area contributed by atoms with Gasteiger partial charge >= 0.3 is 0 Å². The van der Waals surface area contributed by atoms with Crippen molar-refractivity contribution in [1.29, 1.82) is 0 Å². The second-order valence-electron chi connectivity index (χ2n) is 6.95. The van der Waals surface area contributed by atoms with E-state index in [0.717, 1.165) is 40.7 Å². The predicted octanol–water partition coefficient (Wildman–Crippen LogP) is 4.57. The van der Waals surface area contributed by atoms with Crippen molar-refractivity contribution in [2.75, 3.05) is 11.1 Å². The van der Waals surface area contributed by atoms with E-state index < -0.39 is 0 Å². The number of thiophene rings is 1. The van der Waals surface area contributed by atoms with Crippen LogP contribution in [-0.2, 0) is 24.7 Å². The lowest BCUT2D eigenvalue weighted by Gasteiger charge is -2.11. The van der Waals surface area contributed by atoms with Crippen molar-refractivity contribution >= 4 is 56.5 Å². The molecule has 5 nitrogen and oxygen atoms in total. The van der Waals surface area contributed by atoms with Gasteiger partial charge in [0.2, 0.25) is 5.91 Å². The maximum atomic E-state index is 12.9. The molecule has 0 fully saturated rings. The van der Waals surface area contributed by atoms with Crippen LogP contribution in [0, 0.1) is 6.92 Å². The van der Waals surface area contributed by atoms with Gasteiger partial charge in [0, 0.05) is 22.6 Å². The number of nitrogens with one attached hydrogen (secondary N) is 1. The van der Waals surface area contributed by atoms with Crippen LogP contribution in [0.15, 0.2) is 28.2 Å². The molecule has 1 N–H and O–H groups in total. The summed E-state index contributed by atoms with van der Waals surface area (Å²) in [6, 6.07) is 5.34. The lowest BCUT2D eigenvalue weighted by atomic mass is 9.97. The van der Waals surface area contributed by atoms with E-state index in [1.807, 2.05) is 13.0 Å². The summed E-state index contributed by atoms with van der Waals surface area (Å²) in [5.41, 5.74) is 2.81. The van der Waals surface area contributed by atoms with Crippen LogP contribution in [0.1, 0.15) is 28.8 Å². The number of nitrogens with zero attached hydrogens (tertiary/aromatic N) is 2. The number of thioether (sulfide) groups is 1. The molecule has 0 radical (unpaired) electrons. The predicted molar refractivity (Wildman–Crippen MR) is 117 cm³/mol. The van der Waals surface area contributed by atoms with Gasteiger partial charge in [0.05, 0.1) is 11.1 Å². The SMILES string of the molecule is Cc1cc(Cl)ccc1NC(=O)CSc1nc2sc3c(c2c(=O)n1C)CCCC3. The Labute approximate surface area is 176 Å². The molecule has 28 heavy (non-hydrogen) atoms. The molecule has 0 atom stereocenters. The van der Waals surface area contributed by atoms with E-state index in [9.17, 15) is 9.59 Å². The molecule has 1 aliphatic carbocycles. The number of anilines is 1. The van der Waals surface area contributed by atoms with Gasteiger partial charge in [0.15, 0.2) is 5.16 Å². The monoisotopic (exact) mass is 433 g/mol. The molecule has 1 amide bonds. The molecular formula is C20H20ClN3O2S2. The van der Waals surface area contributed by atoms with E-state index in [1.165, 1.54) is 28.6 Å². The molecule has 0 saturated carbocycles. The Hall–Kier alpha value is -1.83. The normalized spacial score (nSPS) is 13.5. The Morgan fingerprint density at radius 3 is 2.93 bits per heavy atom. The highest BCUT2D eigenvalue weighted by atomic mass is 35.5. The van der Waals surface area contributed by atoms with E-state index in [-0.39, 0.29) is 17.2 Å². The standard InChI is InChI=1S/C20H20ClN3O2S2/c1-11-9-12(21)7-8-14(11)22-16(25)10-27-20-23-18-17(19(26)24(20)2)13-5-3-4-6-15(13)28-18/h7-9H,3-6,10H2,1-2H3,(H,22,25). The average Bonchev–Trinajstić information content (AvgIpc) is 3.04. The van der Waals surface area contributed by atoms with Crippen LogP contribution in [0.25, 0.3) is 10.2 Å². The van der Waals surface area contributed by atoms with E-state index >= 15 is 0 Å². The van der Waals surface area contributed by atoms with Crippen LogP contribution in [0.3, 0.4) is 0 Å². The van der Waals surface area contributed by atoms with Crippen molar-refractivity contribution < 1.29 is 4.79 Å². The van der Waals surface area contributed by atoms with E-state index in [4.69, 9.17) is 16.6 Å². The van der Waals surface area contributed by atoms with Crippen LogP contribution in [-0.4, -0.2) is 21.2 Å². The molecule has 2 aromatic heterocycles. The van der Waals surface area contributed by atoms with Crippen molar-refractivity contribution in [3.05, 3.63) is 49.6 Å². The van der Waals surface area contributed by atoms with E-state index in [0.29, 0.717) is 10.2 Å². The summed E-state index contributed by atoms with van der Waals surface area (Å²) in [7, 11) is 1.73. The molecule has 0 bridgehead atoms. The zero-order chi connectivity index (χ0) is 19.8. The number of rotatable bonds is 4. The van der Waals surface area contributed by atoms with Crippen molar-refractivity contribution in [3.8, 4) is 0 Å². The smallest absolute Gasteiger partial charge is 0.262 e. The first kappa shape index (κ1) is 19.5. The van der Waals surface area contributed by atoms with Crippen LogP contribution in [0.4, 0.5) is 5.69 Å². The van der Waals surface area contributed by atoms with Crippen LogP contribution >= 0.6 is 34.7 Å². The van der Waals surface area contributed by atoms with Gasteiger partial charge < -0.3 is 5.32 Å². The second kappa shape index (κ2) is 7.89. The highest BCUT2D eigenvalue weighted by Gasteiger charge is 2.21. The quantitative estimate of drug-likeness (QED) is 0.483. The molecule has 2 heterocycles. The number of benzene rings is 1. The first-order valence-corrected chi connectivity index (χ1v) is 11.3. The molecule has 0 saturated heterocycles. The van der Waals surface area contributed by atoms with Crippen molar-refractivity contribution in [1.82, 2.24) is 9.55 Å². The summed E-state index contributed by atoms with van der Waals surface area (Å²) in [5.74, 6) is 0.0362. The topological polar surface area (TPSA) is 64.0 Å². The Balaban J connectivity index is 1.54. The molecule has 3 aromatic rings. The summed E-state index contributed by atoms with van der Waals surface area (Å²) >= 11 is 8.86. The molecule has 1 aliphatic rings. The molecule has 0 unspecified atom stereocenters. The van der Waals surface area contributed by atoms with Gasteiger partial charge in [-0.2, -0.15) is 0 Å². The lowest BCUT2D eigenvalue weighted by molar-refractivity contribution is -0.113. The Morgan fingerprint density at radius 1 is 1.36 bits per heavy atom. The summed E-state index contributed by atoms with van der Waals surface area (Å²) in [6.45, 7) is 1.90. The summed E-state index contributed by atoms with van der Waals surface area (Å²) in [4.78, 5) is 32.1. The minimum absolute atomic E-state index is 0.0131. The number of carbonyl (C=O) groups excluding carboxylic acids is 1. The van der Waals surface area contributed by atoms with Crippen LogP contribution in [0.5, 0.6) is 0 Å². The summed E-state index contributed by atoms with van der Waals surface area (Å²) in [5, 5.41) is 4.86. The van der Waals surface area contributed by atoms with E-state index in [2.05, 4.69) is 5.32 Å². The van der Waals surface area contributed by atoms with Crippen molar-refractivity contribution in [2.24, 2.45) is 7.05 Å². The van der Waals surface area contributed by atoms with Crippen molar-refractivity contribution in [3.63, 3.8) is 0 Å². The number of amides is 1. The third-order valence-corrected chi connectivity index (χ3v) is 7.40. The largest absolute Gasteiger partial charge is 0.325 e. The zero-order valence-corrected chi connectivity index (χ0v) is 18.1. The fourth-order valence-corrected chi connectivity index (χ4v) is 5.78. The van der Waals surface area contributed by atoms with Gasteiger partial charge in [0.1, 0.15) is 4.83 Å². The maximum absolute atomic E-state index is 12.9. The maximum Gasteiger partial charge on any atom is 0.262 e. The third-order valence-electron chi connectivity index (χ3n) is 4.95. The minimum Gasteiger partial charge on any atom is -0.325 e. The molecule has 8 heteroatoms. The number of aromatic nitrogens is 2. The van der Waals surface area contributed by atoms with E-state index in [1.54, 1.807) is 35.1 Å². The summed E-state index contributed by atoms with van der Waals surface area (Å²) < 4.78 is 1.56. The number of halogens is 1. The van der Waals surface area contributed by atoms with Gasteiger partial charge in [-0.15, -0.1) is 11.3 Å². The Morgan fingerprint density at radius 2 is 2.14 bits per heavy atom. The first-order chi connectivity index (χ1) is 13.4. The minimum atomic E-state index is -0.143. The molecule has 0 aliphatic heterocycles.